The summed E-state index contributed by atoms with van der Waals surface area (Å²) in [6.07, 6.45) is 6.16. The number of aromatic nitrogens is 3. The molecule has 2 aliphatic rings. The summed E-state index contributed by atoms with van der Waals surface area (Å²) in [4.78, 5) is 23.3. The van der Waals surface area contributed by atoms with Crippen molar-refractivity contribution in [2.45, 2.75) is 13.3 Å². The molecule has 39 heavy (non-hydrogen) atoms. The number of halogens is 1. The Morgan fingerprint density at radius 2 is 2.03 bits per heavy atom. The SMILES string of the molecule is Cc1ccc2[nH]ncc2c1-c1c(C#N)c(N2CCC3(CN(C(=O)/C=C/CN(C)C)C3)C2)nc2c(F)cccc12. The zero-order valence-corrected chi connectivity index (χ0v) is 22.3. The van der Waals surface area contributed by atoms with Crippen molar-refractivity contribution in [2.75, 3.05) is 51.7 Å². The number of para-hydroxylation sites is 1. The van der Waals surface area contributed by atoms with E-state index < -0.39 is 5.82 Å². The maximum absolute atomic E-state index is 15.2. The summed E-state index contributed by atoms with van der Waals surface area (Å²) in [6.45, 7) is 5.39. The maximum Gasteiger partial charge on any atom is 0.246 e. The minimum Gasteiger partial charge on any atom is -0.355 e. The van der Waals surface area contributed by atoms with Crippen LogP contribution in [0.3, 0.4) is 0 Å². The largest absolute Gasteiger partial charge is 0.355 e. The van der Waals surface area contributed by atoms with Crippen molar-refractivity contribution in [1.29, 1.82) is 5.26 Å². The van der Waals surface area contributed by atoms with Crippen LogP contribution in [0.1, 0.15) is 17.5 Å². The third kappa shape index (κ3) is 4.21. The molecule has 1 N–H and O–H groups in total. The molecular weight excluding hydrogens is 493 g/mol. The molecule has 9 heteroatoms. The Morgan fingerprint density at radius 3 is 2.79 bits per heavy atom. The van der Waals surface area contributed by atoms with Crippen LogP contribution in [0.4, 0.5) is 10.2 Å². The molecule has 2 fully saturated rings. The lowest BCUT2D eigenvalue weighted by atomic mass is 9.79. The van der Waals surface area contributed by atoms with E-state index in [4.69, 9.17) is 4.98 Å². The molecule has 0 bridgehead atoms. The van der Waals surface area contributed by atoms with Crippen molar-refractivity contribution in [3.8, 4) is 17.2 Å². The van der Waals surface area contributed by atoms with E-state index >= 15 is 4.39 Å². The van der Waals surface area contributed by atoms with Gasteiger partial charge in [0, 0.05) is 60.6 Å². The summed E-state index contributed by atoms with van der Waals surface area (Å²) in [6, 6.07) is 11.3. The summed E-state index contributed by atoms with van der Waals surface area (Å²) < 4.78 is 15.2. The Morgan fingerprint density at radius 1 is 1.21 bits per heavy atom. The zero-order chi connectivity index (χ0) is 27.3. The van der Waals surface area contributed by atoms with E-state index in [-0.39, 0.29) is 16.8 Å². The van der Waals surface area contributed by atoms with Crippen LogP contribution >= 0.6 is 0 Å². The predicted molar refractivity (Wildman–Crippen MR) is 150 cm³/mol. The van der Waals surface area contributed by atoms with Gasteiger partial charge in [-0.15, -0.1) is 0 Å². The molecule has 2 aromatic heterocycles. The second kappa shape index (κ2) is 9.47. The normalized spacial score (nSPS) is 16.6. The number of nitrogens with zero attached hydrogens (tertiary/aromatic N) is 6. The highest BCUT2D eigenvalue weighted by Crippen LogP contribution is 2.45. The molecule has 4 aromatic rings. The molecule has 1 amide bonds. The average molecular weight is 524 g/mol. The van der Waals surface area contributed by atoms with E-state index in [2.05, 4.69) is 21.2 Å². The van der Waals surface area contributed by atoms with Crippen LogP contribution in [0.15, 0.2) is 48.7 Å². The van der Waals surface area contributed by atoms with Gasteiger partial charge in [-0.1, -0.05) is 24.3 Å². The molecule has 0 radical (unpaired) electrons. The molecule has 198 valence electrons. The third-order valence-corrected chi connectivity index (χ3v) is 7.97. The Hall–Kier alpha value is -4.29. The first-order chi connectivity index (χ1) is 18.8. The van der Waals surface area contributed by atoms with Crippen molar-refractivity contribution in [1.82, 2.24) is 25.0 Å². The summed E-state index contributed by atoms with van der Waals surface area (Å²) >= 11 is 0. The highest BCUT2D eigenvalue weighted by Gasteiger charge is 2.49. The van der Waals surface area contributed by atoms with Gasteiger partial charge in [0.2, 0.25) is 5.91 Å². The number of likely N-dealkylation sites (tertiary alicyclic amines) is 1. The van der Waals surface area contributed by atoms with Crippen LogP contribution in [-0.4, -0.2) is 77.7 Å². The number of pyridine rings is 1. The van der Waals surface area contributed by atoms with Gasteiger partial charge in [0.1, 0.15) is 28.8 Å². The zero-order valence-electron chi connectivity index (χ0n) is 22.3. The van der Waals surface area contributed by atoms with Gasteiger partial charge in [-0.25, -0.2) is 9.37 Å². The predicted octanol–water partition coefficient (Wildman–Crippen LogP) is 4.25. The first-order valence-electron chi connectivity index (χ1n) is 13.1. The summed E-state index contributed by atoms with van der Waals surface area (Å²) in [5.41, 5.74) is 3.98. The number of carbonyl (C=O) groups is 1. The van der Waals surface area contributed by atoms with E-state index in [9.17, 15) is 10.1 Å². The second-order valence-electron chi connectivity index (χ2n) is 11.1. The fraction of sp³-hybridized carbons (Fsp3) is 0.333. The van der Waals surface area contributed by atoms with Gasteiger partial charge in [0.15, 0.2) is 0 Å². The number of nitriles is 1. The summed E-state index contributed by atoms with van der Waals surface area (Å²) in [7, 11) is 3.93. The molecule has 4 heterocycles. The van der Waals surface area contributed by atoms with Gasteiger partial charge >= 0.3 is 0 Å². The number of aromatic amines is 1. The van der Waals surface area contributed by atoms with E-state index in [1.54, 1.807) is 18.3 Å². The fourth-order valence-electron chi connectivity index (χ4n) is 6.05. The number of nitrogens with one attached hydrogen (secondary N) is 1. The number of amides is 1. The van der Waals surface area contributed by atoms with Crippen molar-refractivity contribution < 1.29 is 9.18 Å². The molecule has 0 unspecified atom stereocenters. The Kier molecular flexibility index (Phi) is 6.07. The number of aryl methyl sites for hydroxylation is 1. The average Bonchev–Trinajstić information content (AvgIpc) is 3.55. The van der Waals surface area contributed by atoms with E-state index in [0.29, 0.717) is 55.1 Å². The van der Waals surface area contributed by atoms with Crippen molar-refractivity contribution in [2.24, 2.45) is 5.41 Å². The molecule has 2 aliphatic heterocycles. The number of benzene rings is 2. The van der Waals surface area contributed by atoms with Crippen molar-refractivity contribution in [3.63, 3.8) is 0 Å². The third-order valence-electron chi connectivity index (χ3n) is 7.97. The van der Waals surface area contributed by atoms with Crippen LogP contribution < -0.4 is 4.90 Å². The lowest BCUT2D eigenvalue weighted by molar-refractivity contribution is -0.136. The molecule has 2 saturated heterocycles. The highest BCUT2D eigenvalue weighted by molar-refractivity contribution is 6.08. The van der Waals surface area contributed by atoms with Crippen molar-refractivity contribution >= 4 is 33.5 Å². The number of rotatable bonds is 5. The summed E-state index contributed by atoms with van der Waals surface area (Å²) in [5, 5.41) is 19.2. The van der Waals surface area contributed by atoms with E-state index in [0.717, 1.165) is 28.5 Å². The lowest BCUT2D eigenvalue weighted by Gasteiger charge is -2.47. The number of anilines is 1. The monoisotopic (exact) mass is 523 g/mol. The molecule has 1 spiro atoms. The fourth-order valence-corrected chi connectivity index (χ4v) is 6.05. The van der Waals surface area contributed by atoms with Gasteiger partial charge in [0.05, 0.1) is 11.7 Å². The molecule has 6 rings (SSSR count). The van der Waals surface area contributed by atoms with Crippen molar-refractivity contribution in [3.05, 3.63) is 65.6 Å². The van der Waals surface area contributed by atoms with Gasteiger partial charge in [-0.3, -0.25) is 9.89 Å². The second-order valence-corrected chi connectivity index (χ2v) is 11.1. The molecular formula is C30H30FN7O. The molecule has 0 saturated carbocycles. The number of likely N-dealkylation sites (N-methyl/N-ethyl adjacent to an activating group) is 1. The quantitative estimate of drug-likeness (QED) is 0.393. The smallest absolute Gasteiger partial charge is 0.246 e. The minimum atomic E-state index is -0.421. The number of carbonyl (C=O) groups excluding carboxylic acids is 1. The number of hydrogen-bond acceptors (Lipinski definition) is 6. The van der Waals surface area contributed by atoms with Crippen LogP contribution in [0.5, 0.6) is 0 Å². The Bertz CT molecular complexity index is 1680. The Labute approximate surface area is 226 Å². The van der Waals surface area contributed by atoms with Gasteiger partial charge in [-0.05, 0) is 50.7 Å². The number of hydrogen-bond donors (Lipinski definition) is 1. The minimum absolute atomic E-state index is 0.0236. The maximum atomic E-state index is 15.2. The molecule has 2 aromatic carbocycles. The van der Waals surface area contributed by atoms with Crippen LogP contribution in [0.2, 0.25) is 0 Å². The van der Waals surface area contributed by atoms with E-state index in [1.807, 2.05) is 55.1 Å². The topological polar surface area (TPSA) is 92.2 Å². The number of fused-ring (bicyclic) bond motifs is 2. The number of H-pyrrole nitrogens is 1. The van der Waals surface area contributed by atoms with E-state index in [1.165, 1.54) is 6.07 Å². The van der Waals surface area contributed by atoms with Gasteiger partial charge < -0.3 is 14.7 Å². The first-order valence-corrected chi connectivity index (χ1v) is 13.1. The molecule has 0 atom stereocenters. The lowest BCUT2D eigenvalue weighted by Crippen LogP contribution is -2.59. The van der Waals surface area contributed by atoms with Crippen LogP contribution in [-0.2, 0) is 4.79 Å². The summed E-state index contributed by atoms with van der Waals surface area (Å²) in [5.74, 6) is 0.100. The first kappa shape index (κ1) is 25.0. The molecule has 0 aliphatic carbocycles. The Balaban J connectivity index is 1.39. The van der Waals surface area contributed by atoms with Gasteiger partial charge in [0.25, 0.3) is 0 Å². The van der Waals surface area contributed by atoms with Gasteiger partial charge in [-0.2, -0.15) is 10.4 Å². The molecule has 8 nitrogen and oxygen atoms in total. The highest BCUT2D eigenvalue weighted by atomic mass is 19.1. The van der Waals surface area contributed by atoms with Crippen LogP contribution in [0.25, 0.3) is 32.9 Å². The van der Waals surface area contributed by atoms with Crippen LogP contribution in [0, 0.1) is 29.5 Å². The standard InChI is InChI=1S/C30H30FN7O/c1-19-9-10-24-22(15-33-35-24)26(19)27-20-6-4-7-23(31)28(20)34-29(21(27)14-32)37-13-11-30(16-37)17-38(18-30)25(39)8-5-12-36(2)3/h4-10,15H,11-13,16-18H2,1-3H3,(H,33,35)/b8-5+.